The minimum Gasteiger partial charge on any atom is -0.377 e. The van der Waals surface area contributed by atoms with Gasteiger partial charge in [0.2, 0.25) is 11.9 Å². The third-order valence-electron chi connectivity index (χ3n) is 2.84. The monoisotopic (exact) mass is 319 g/mol. The molecule has 0 saturated heterocycles. The van der Waals surface area contributed by atoms with Crippen molar-refractivity contribution in [3.05, 3.63) is 35.7 Å². The van der Waals surface area contributed by atoms with Crippen LogP contribution < -0.4 is 11.1 Å². The van der Waals surface area contributed by atoms with Gasteiger partial charge in [-0.2, -0.15) is 15.0 Å². The zero-order valence-electron chi connectivity index (χ0n) is 13.0. The van der Waals surface area contributed by atoms with Crippen LogP contribution in [0.15, 0.2) is 29.2 Å². The van der Waals surface area contributed by atoms with Gasteiger partial charge in [-0.05, 0) is 26.0 Å². The highest BCUT2D eigenvalue weighted by atomic mass is 32.2. The normalized spacial score (nSPS) is 12.1. The van der Waals surface area contributed by atoms with Crippen LogP contribution in [0, 0.1) is 6.92 Å². The Morgan fingerprint density at radius 1 is 1.32 bits per heavy atom. The average molecular weight is 319 g/mol. The first-order chi connectivity index (χ1) is 10.6. The number of aryl methyl sites for hydroxylation is 1. The molecule has 0 aliphatic carbocycles. The molecule has 0 fully saturated rings. The maximum atomic E-state index is 5.68. The number of hydrogen-bond donors (Lipinski definition) is 2. The Labute approximate surface area is 134 Å². The second kappa shape index (κ2) is 7.95. The summed E-state index contributed by atoms with van der Waals surface area (Å²) in [4.78, 5) is 13.7. The lowest BCUT2D eigenvalue weighted by Gasteiger charge is -2.14. The largest absolute Gasteiger partial charge is 0.377 e. The standard InChI is InChI=1S/C15H21N5OS/c1-10-5-4-6-12(7-10)22-9-11(2)17-15-19-13(8-21-3)18-14(16)20-15/h4-7,11H,8-9H2,1-3H3,(H3,16,17,18,19,20). The Kier molecular flexibility index (Phi) is 5.97. The van der Waals surface area contributed by atoms with Crippen LogP contribution in [0.25, 0.3) is 0 Å². The zero-order valence-corrected chi connectivity index (χ0v) is 13.9. The summed E-state index contributed by atoms with van der Waals surface area (Å²) < 4.78 is 5.02. The Morgan fingerprint density at radius 3 is 2.86 bits per heavy atom. The van der Waals surface area contributed by atoms with Gasteiger partial charge >= 0.3 is 0 Å². The topological polar surface area (TPSA) is 86.0 Å². The lowest BCUT2D eigenvalue weighted by atomic mass is 10.2. The van der Waals surface area contributed by atoms with Crippen molar-refractivity contribution in [2.45, 2.75) is 31.4 Å². The van der Waals surface area contributed by atoms with Gasteiger partial charge in [-0.25, -0.2) is 0 Å². The van der Waals surface area contributed by atoms with Crippen molar-refractivity contribution >= 4 is 23.7 Å². The first-order valence-electron chi connectivity index (χ1n) is 7.02. The molecule has 7 heteroatoms. The molecule has 0 spiro atoms. The molecule has 2 aromatic rings. The van der Waals surface area contributed by atoms with E-state index in [0.29, 0.717) is 18.4 Å². The van der Waals surface area contributed by atoms with Gasteiger partial charge in [-0.1, -0.05) is 17.7 Å². The van der Waals surface area contributed by atoms with Gasteiger partial charge in [0.15, 0.2) is 5.82 Å². The highest BCUT2D eigenvalue weighted by Crippen LogP contribution is 2.20. The lowest BCUT2D eigenvalue weighted by molar-refractivity contribution is 0.178. The summed E-state index contributed by atoms with van der Waals surface area (Å²) in [6, 6.07) is 8.65. The molecule has 1 heterocycles. The fourth-order valence-corrected chi connectivity index (χ4v) is 2.85. The van der Waals surface area contributed by atoms with E-state index < -0.39 is 0 Å². The van der Waals surface area contributed by atoms with Gasteiger partial charge in [0, 0.05) is 23.8 Å². The van der Waals surface area contributed by atoms with Crippen LogP contribution in [0.2, 0.25) is 0 Å². The zero-order chi connectivity index (χ0) is 15.9. The maximum absolute atomic E-state index is 5.68. The number of methoxy groups -OCH3 is 1. The van der Waals surface area contributed by atoms with E-state index in [4.69, 9.17) is 10.5 Å². The number of benzene rings is 1. The number of nitrogens with zero attached hydrogens (tertiary/aromatic N) is 3. The average Bonchev–Trinajstić information content (AvgIpc) is 2.45. The number of aromatic nitrogens is 3. The van der Waals surface area contributed by atoms with Crippen molar-refractivity contribution in [3.63, 3.8) is 0 Å². The van der Waals surface area contributed by atoms with Crippen molar-refractivity contribution in [3.8, 4) is 0 Å². The molecule has 0 saturated carbocycles. The summed E-state index contributed by atoms with van der Waals surface area (Å²) in [6.45, 7) is 4.49. The minimum atomic E-state index is 0.197. The molecule has 0 aliphatic heterocycles. The number of nitrogen functional groups attached to an aromatic ring is 1. The minimum absolute atomic E-state index is 0.197. The summed E-state index contributed by atoms with van der Waals surface area (Å²) in [5.74, 6) is 2.10. The van der Waals surface area contributed by atoms with Crippen molar-refractivity contribution in [2.24, 2.45) is 0 Å². The Morgan fingerprint density at radius 2 is 2.14 bits per heavy atom. The van der Waals surface area contributed by atoms with Crippen LogP contribution in [0.4, 0.5) is 11.9 Å². The molecule has 2 rings (SSSR count). The molecule has 0 radical (unpaired) electrons. The number of anilines is 2. The molecule has 0 aliphatic rings. The smallest absolute Gasteiger partial charge is 0.228 e. The molecule has 22 heavy (non-hydrogen) atoms. The van der Waals surface area contributed by atoms with E-state index in [-0.39, 0.29) is 12.0 Å². The molecule has 1 aromatic carbocycles. The van der Waals surface area contributed by atoms with Gasteiger partial charge in [0.25, 0.3) is 0 Å². The Bertz CT molecular complexity index is 623. The van der Waals surface area contributed by atoms with Crippen LogP contribution in [0.3, 0.4) is 0 Å². The van der Waals surface area contributed by atoms with E-state index in [0.717, 1.165) is 5.75 Å². The van der Waals surface area contributed by atoms with Gasteiger partial charge in [0.05, 0.1) is 0 Å². The van der Waals surface area contributed by atoms with Crippen molar-refractivity contribution in [2.75, 3.05) is 23.9 Å². The van der Waals surface area contributed by atoms with E-state index in [9.17, 15) is 0 Å². The third-order valence-corrected chi connectivity index (χ3v) is 4.09. The third kappa shape index (κ3) is 5.16. The number of thioether (sulfide) groups is 1. The van der Waals surface area contributed by atoms with E-state index in [1.165, 1.54) is 10.5 Å². The maximum Gasteiger partial charge on any atom is 0.228 e. The SMILES string of the molecule is COCc1nc(N)nc(NC(C)CSc2cccc(C)c2)n1. The van der Waals surface area contributed by atoms with E-state index >= 15 is 0 Å². The Hall–Kier alpha value is -1.86. The number of nitrogens with one attached hydrogen (secondary N) is 1. The number of nitrogens with two attached hydrogens (primary N) is 1. The van der Waals surface area contributed by atoms with Crippen LogP contribution >= 0.6 is 11.8 Å². The summed E-state index contributed by atoms with van der Waals surface area (Å²) in [5.41, 5.74) is 6.95. The molecule has 1 aromatic heterocycles. The fourth-order valence-electron chi connectivity index (χ4n) is 1.88. The fraction of sp³-hybridized carbons (Fsp3) is 0.400. The Balaban J connectivity index is 1.92. The van der Waals surface area contributed by atoms with Crippen molar-refractivity contribution in [1.82, 2.24) is 15.0 Å². The number of ether oxygens (including phenoxy) is 1. The van der Waals surface area contributed by atoms with Crippen LogP contribution in [0.1, 0.15) is 18.3 Å². The number of rotatable bonds is 7. The van der Waals surface area contributed by atoms with E-state index in [1.54, 1.807) is 18.9 Å². The summed E-state index contributed by atoms with van der Waals surface area (Å²) in [7, 11) is 1.59. The molecule has 0 amide bonds. The van der Waals surface area contributed by atoms with E-state index in [1.807, 2.05) is 0 Å². The van der Waals surface area contributed by atoms with Crippen LogP contribution in [-0.2, 0) is 11.3 Å². The molecular weight excluding hydrogens is 298 g/mol. The molecule has 1 atom stereocenters. The van der Waals surface area contributed by atoms with Gasteiger partial charge < -0.3 is 15.8 Å². The van der Waals surface area contributed by atoms with E-state index in [2.05, 4.69) is 58.4 Å². The summed E-state index contributed by atoms with van der Waals surface area (Å²) in [6.07, 6.45) is 0. The second-order valence-corrected chi connectivity index (χ2v) is 6.13. The predicted octanol–water partition coefficient (Wildman–Crippen LogP) is 2.50. The first-order valence-corrected chi connectivity index (χ1v) is 8.00. The predicted molar refractivity (Wildman–Crippen MR) is 89.9 cm³/mol. The molecule has 1 unspecified atom stereocenters. The second-order valence-electron chi connectivity index (χ2n) is 5.04. The van der Waals surface area contributed by atoms with Crippen molar-refractivity contribution in [1.29, 1.82) is 0 Å². The van der Waals surface area contributed by atoms with Crippen LogP contribution in [-0.4, -0.2) is 33.9 Å². The highest BCUT2D eigenvalue weighted by molar-refractivity contribution is 7.99. The first kappa shape index (κ1) is 16.5. The molecule has 3 N–H and O–H groups in total. The number of hydrogen-bond acceptors (Lipinski definition) is 7. The highest BCUT2D eigenvalue weighted by Gasteiger charge is 2.08. The summed E-state index contributed by atoms with van der Waals surface area (Å²) >= 11 is 1.79. The molecular formula is C15H21N5OS. The quantitative estimate of drug-likeness (QED) is 0.758. The van der Waals surface area contributed by atoms with Gasteiger partial charge in [-0.15, -0.1) is 11.8 Å². The summed E-state index contributed by atoms with van der Waals surface area (Å²) in [5, 5.41) is 3.25. The lowest BCUT2D eigenvalue weighted by Crippen LogP contribution is -2.21. The van der Waals surface area contributed by atoms with Crippen molar-refractivity contribution < 1.29 is 4.74 Å². The van der Waals surface area contributed by atoms with Gasteiger partial charge in [0.1, 0.15) is 6.61 Å². The van der Waals surface area contributed by atoms with Gasteiger partial charge in [-0.3, -0.25) is 0 Å². The van der Waals surface area contributed by atoms with Crippen LogP contribution in [0.5, 0.6) is 0 Å². The molecule has 0 bridgehead atoms. The molecule has 6 nitrogen and oxygen atoms in total. The molecule has 118 valence electrons.